The summed E-state index contributed by atoms with van der Waals surface area (Å²) in [6.45, 7) is 0. The van der Waals surface area contributed by atoms with Gasteiger partial charge in [-0.3, -0.25) is 9.89 Å². The minimum Gasteiger partial charge on any atom is -0.464 e. The van der Waals surface area contributed by atoms with Crippen LogP contribution in [-0.4, -0.2) is 29.1 Å². The Labute approximate surface area is 128 Å². The Bertz CT molecular complexity index is 669. The number of carbonyl (C=O) groups excluding carboxylic acids is 2. The molecular weight excluding hydrogens is 348 g/mol. The molecule has 0 unspecified atom stereocenters. The maximum absolute atomic E-state index is 12.2. The molecule has 0 aliphatic carbocycles. The number of methoxy groups -OCH3 is 1. The van der Waals surface area contributed by atoms with Crippen LogP contribution in [0.2, 0.25) is 5.02 Å². The molecule has 0 atom stereocenters. The number of Topliss-reactive ketones (excluding diaryl/α,β-unsaturated/α-hetero) is 1. The summed E-state index contributed by atoms with van der Waals surface area (Å²) in [5, 5.41) is 6.86. The number of esters is 1. The molecule has 1 aromatic heterocycles. The minimum atomic E-state index is -0.579. The van der Waals surface area contributed by atoms with Crippen LogP contribution in [-0.2, 0) is 11.2 Å². The molecule has 1 aromatic carbocycles. The number of hydrogen-bond donors (Lipinski definition) is 1. The molecule has 104 valence electrons. The van der Waals surface area contributed by atoms with Gasteiger partial charge in [-0.05, 0) is 28.1 Å². The molecule has 5 nitrogen and oxygen atoms in total. The fraction of sp³-hybridized carbons (Fsp3) is 0.154. The second-order valence-corrected chi connectivity index (χ2v) is 5.14. The normalized spacial score (nSPS) is 10.3. The molecule has 0 saturated carbocycles. The van der Waals surface area contributed by atoms with Crippen LogP contribution in [0.5, 0.6) is 0 Å². The van der Waals surface area contributed by atoms with Gasteiger partial charge in [-0.1, -0.05) is 23.7 Å². The predicted octanol–water partition coefficient (Wildman–Crippen LogP) is 3.04. The van der Waals surface area contributed by atoms with Crippen LogP contribution < -0.4 is 0 Å². The lowest BCUT2D eigenvalue weighted by Gasteiger charge is -2.02. The Balaban J connectivity index is 2.23. The summed E-state index contributed by atoms with van der Waals surface area (Å²) in [7, 11) is 1.26. The van der Waals surface area contributed by atoms with E-state index in [0.29, 0.717) is 20.8 Å². The second-order valence-electron chi connectivity index (χ2n) is 3.94. The smallest absolute Gasteiger partial charge is 0.359 e. The summed E-state index contributed by atoms with van der Waals surface area (Å²) in [5.74, 6) is -0.749. The molecule has 2 rings (SSSR count). The number of hydrogen-bond acceptors (Lipinski definition) is 4. The van der Waals surface area contributed by atoms with Gasteiger partial charge in [0.1, 0.15) is 0 Å². The molecular formula is C13H10BrClN2O3. The van der Waals surface area contributed by atoms with Crippen molar-refractivity contribution in [2.24, 2.45) is 0 Å². The zero-order chi connectivity index (χ0) is 14.7. The molecule has 0 radical (unpaired) electrons. The molecule has 0 saturated heterocycles. The topological polar surface area (TPSA) is 72.0 Å². The molecule has 20 heavy (non-hydrogen) atoms. The van der Waals surface area contributed by atoms with Gasteiger partial charge in [0, 0.05) is 5.56 Å². The van der Waals surface area contributed by atoms with Crippen LogP contribution in [0.4, 0.5) is 0 Å². The second kappa shape index (κ2) is 6.19. The quantitative estimate of drug-likeness (QED) is 0.674. The third-order valence-corrected chi connectivity index (χ3v) is 3.85. The molecule has 1 heterocycles. The van der Waals surface area contributed by atoms with Crippen molar-refractivity contribution in [1.82, 2.24) is 10.2 Å². The van der Waals surface area contributed by atoms with Crippen LogP contribution >= 0.6 is 27.5 Å². The number of benzene rings is 1. The van der Waals surface area contributed by atoms with Crippen molar-refractivity contribution >= 4 is 39.3 Å². The molecule has 0 bridgehead atoms. The van der Waals surface area contributed by atoms with Crippen LogP contribution in [0, 0.1) is 0 Å². The number of H-pyrrole nitrogens is 1. The summed E-state index contributed by atoms with van der Waals surface area (Å²) >= 11 is 9.20. The van der Waals surface area contributed by atoms with E-state index < -0.39 is 5.97 Å². The summed E-state index contributed by atoms with van der Waals surface area (Å²) in [6.07, 6.45) is 0.0499. The van der Waals surface area contributed by atoms with Crippen LogP contribution in [0.1, 0.15) is 26.5 Å². The van der Waals surface area contributed by atoms with Crippen molar-refractivity contribution in [1.29, 1.82) is 0 Å². The predicted molar refractivity (Wildman–Crippen MR) is 77.1 cm³/mol. The van der Waals surface area contributed by atoms with E-state index in [4.69, 9.17) is 11.6 Å². The van der Waals surface area contributed by atoms with E-state index in [1.54, 1.807) is 24.3 Å². The number of ketones is 1. The maximum Gasteiger partial charge on any atom is 0.359 e. The molecule has 0 aliphatic rings. The molecule has 7 heteroatoms. The zero-order valence-electron chi connectivity index (χ0n) is 10.4. The first-order valence-corrected chi connectivity index (χ1v) is 6.80. The maximum atomic E-state index is 12.2. The first-order valence-electron chi connectivity index (χ1n) is 5.63. The van der Waals surface area contributed by atoms with Crippen LogP contribution in [0.3, 0.4) is 0 Å². The fourth-order valence-electron chi connectivity index (χ4n) is 1.66. The summed E-state index contributed by atoms with van der Waals surface area (Å²) in [5.41, 5.74) is 1.03. The number of ether oxygens (including phenoxy) is 1. The van der Waals surface area contributed by atoms with Crippen molar-refractivity contribution in [3.8, 4) is 0 Å². The van der Waals surface area contributed by atoms with Crippen LogP contribution in [0.25, 0.3) is 0 Å². The zero-order valence-corrected chi connectivity index (χ0v) is 12.8. The lowest BCUT2D eigenvalue weighted by Crippen LogP contribution is -2.05. The number of nitrogens with one attached hydrogen (secondary N) is 1. The van der Waals surface area contributed by atoms with E-state index in [1.807, 2.05) is 0 Å². The Hall–Kier alpha value is -1.66. The fourth-order valence-corrected chi connectivity index (χ4v) is 2.38. The highest BCUT2D eigenvalue weighted by Crippen LogP contribution is 2.23. The Morgan fingerprint density at radius 3 is 2.75 bits per heavy atom. The van der Waals surface area contributed by atoms with E-state index in [2.05, 4.69) is 30.9 Å². The Morgan fingerprint density at radius 1 is 1.40 bits per heavy atom. The highest BCUT2D eigenvalue weighted by atomic mass is 79.9. The van der Waals surface area contributed by atoms with Crippen molar-refractivity contribution in [2.45, 2.75) is 6.42 Å². The number of halogens is 2. The number of aromatic amines is 1. The largest absolute Gasteiger partial charge is 0.464 e. The lowest BCUT2D eigenvalue weighted by atomic mass is 10.1. The summed E-state index contributed by atoms with van der Waals surface area (Å²) in [6, 6.07) is 6.79. The van der Waals surface area contributed by atoms with Crippen molar-refractivity contribution in [2.75, 3.05) is 7.11 Å². The van der Waals surface area contributed by atoms with E-state index in [-0.39, 0.29) is 17.9 Å². The number of nitrogens with zero attached hydrogens (tertiary/aromatic N) is 1. The van der Waals surface area contributed by atoms with Gasteiger partial charge in [0.05, 0.1) is 28.7 Å². The number of rotatable bonds is 4. The molecule has 0 spiro atoms. The summed E-state index contributed by atoms with van der Waals surface area (Å²) < 4.78 is 5.00. The molecule has 0 amide bonds. The van der Waals surface area contributed by atoms with Gasteiger partial charge in [-0.2, -0.15) is 5.10 Å². The average Bonchev–Trinajstić information content (AvgIpc) is 2.80. The third-order valence-electron chi connectivity index (χ3n) is 2.67. The molecule has 2 aromatic rings. The third kappa shape index (κ3) is 2.91. The average molecular weight is 358 g/mol. The van der Waals surface area contributed by atoms with E-state index in [9.17, 15) is 9.59 Å². The first-order chi connectivity index (χ1) is 9.54. The van der Waals surface area contributed by atoms with Crippen molar-refractivity contribution in [3.05, 3.63) is 50.7 Å². The van der Waals surface area contributed by atoms with E-state index in [0.717, 1.165) is 0 Å². The summed E-state index contributed by atoms with van der Waals surface area (Å²) in [4.78, 5) is 23.6. The standard InChI is InChI=1S/C13H10BrClN2O3/c1-20-13(19)12-11(14)9(16-17-12)6-10(18)7-4-2-3-5-8(7)15/h2-5H,6H2,1H3,(H,16,17). The van der Waals surface area contributed by atoms with Gasteiger partial charge >= 0.3 is 5.97 Å². The monoisotopic (exact) mass is 356 g/mol. The van der Waals surface area contributed by atoms with Gasteiger partial charge in [0.2, 0.25) is 0 Å². The van der Waals surface area contributed by atoms with Gasteiger partial charge in [0.25, 0.3) is 0 Å². The first kappa shape index (κ1) is 14.7. The Morgan fingerprint density at radius 2 is 2.10 bits per heavy atom. The van der Waals surface area contributed by atoms with Crippen LogP contribution in [0.15, 0.2) is 28.7 Å². The number of carbonyl (C=O) groups is 2. The highest BCUT2D eigenvalue weighted by Gasteiger charge is 2.20. The van der Waals surface area contributed by atoms with Gasteiger partial charge in [0.15, 0.2) is 11.5 Å². The number of aromatic nitrogens is 2. The van der Waals surface area contributed by atoms with Gasteiger partial charge in [-0.15, -0.1) is 0 Å². The van der Waals surface area contributed by atoms with Gasteiger partial charge < -0.3 is 4.74 Å². The van der Waals surface area contributed by atoms with Gasteiger partial charge in [-0.25, -0.2) is 4.79 Å². The lowest BCUT2D eigenvalue weighted by molar-refractivity contribution is 0.0592. The van der Waals surface area contributed by atoms with E-state index >= 15 is 0 Å². The molecule has 0 fully saturated rings. The van der Waals surface area contributed by atoms with E-state index in [1.165, 1.54) is 7.11 Å². The minimum absolute atomic E-state index is 0.0499. The van der Waals surface area contributed by atoms with Crippen molar-refractivity contribution < 1.29 is 14.3 Å². The molecule has 0 aliphatic heterocycles. The Kier molecular flexibility index (Phi) is 4.57. The highest BCUT2D eigenvalue weighted by molar-refractivity contribution is 9.10. The SMILES string of the molecule is COC(=O)c1n[nH]c(CC(=O)c2ccccc2Cl)c1Br. The van der Waals surface area contributed by atoms with Crippen molar-refractivity contribution in [3.63, 3.8) is 0 Å². The molecule has 1 N–H and O–H groups in total.